The molecule has 0 saturated carbocycles. The summed E-state index contributed by atoms with van der Waals surface area (Å²) < 4.78 is 3.16. The predicted octanol–water partition coefficient (Wildman–Crippen LogP) is -0.0145. The van der Waals surface area contributed by atoms with Gasteiger partial charge in [-0.05, 0) is 25.0 Å². The van der Waals surface area contributed by atoms with Crippen LogP contribution in [0.2, 0.25) is 0 Å². The summed E-state index contributed by atoms with van der Waals surface area (Å²) in [5, 5.41) is 8.48. The number of nitrogens with zero attached hydrogens (tertiary/aromatic N) is 5. The van der Waals surface area contributed by atoms with Crippen molar-refractivity contribution in [2.75, 3.05) is 13.1 Å². The van der Waals surface area contributed by atoms with Crippen LogP contribution in [0.1, 0.15) is 24.6 Å². The van der Waals surface area contributed by atoms with Gasteiger partial charge in [0, 0.05) is 37.5 Å². The summed E-state index contributed by atoms with van der Waals surface area (Å²) in [4.78, 5) is 39.4. The average Bonchev–Trinajstić information content (AvgIpc) is 3.08. The zero-order valence-electron chi connectivity index (χ0n) is 14.0. The van der Waals surface area contributed by atoms with E-state index in [1.54, 1.807) is 4.90 Å². The van der Waals surface area contributed by atoms with Crippen LogP contribution >= 0.6 is 0 Å². The molecule has 134 valence electrons. The SMILES string of the molecule is O=C(Cn1ccc(=O)[nH]c1=O)N1CCCC(c2nnc3ccccn23)C1. The first kappa shape index (κ1) is 16.2. The molecule has 1 aliphatic rings. The van der Waals surface area contributed by atoms with Crippen LogP contribution in [0, 0.1) is 0 Å². The molecule has 0 spiro atoms. The molecule has 1 saturated heterocycles. The smallest absolute Gasteiger partial charge is 0.328 e. The van der Waals surface area contributed by atoms with Crippen molar-refractivity contribution in [2.24, 2.45) is 0 Å². The number of carbonyl (C=O) groups is 1. The third kappa shape index (κ3) is 3.03. The number of amides is 1. The van der Waals surface area contributed by atoms with Crippen LogP contribution in [0.15, 0.2) is 46.2 Å². The Labute approximate surface area is 147 Å². The van der Waals surface area contributed by atoms with Gasteiger partial charge in [0.25, 0.3) is 5.56 Å². The summed E-state index contributed by atoms with van der Waals surface area (Å²) in [7, 11) is 0. The molecule has 0 bridgehead atoms. The summed E-state index contributed by atoms with van der Waals surface area (Å²) >= 11 is 0. The molecule has 3 aromatic rings. The van der Waals surface area contributed by atoms with Crippen molar-refractivity contribution in [1.29, 1.82) is 0 Å². The molecule has 1 amide bonds. The second-order valence-electron chi connectivity index (χ2n) is 6.40. The van der Waals surface area contributed by atoms with E-state index in [9.17, 15) is 14.4 Å². The number of rotatable bonds is 3. The van der Waals surface area contributed by atoms with Gasteiger partial charge in [-0.15, -0.1) is 10.2 Å². The van der Waals surface area contributed by atoms with Gasteiger partial charge in [0.2, 0.25) is 5.91 Å². The Morgan fingerprint density at radius 1 is 1.19 bits per heavy atom. The van der Waals surface area contributed by atoms with Gasteiger partial charge in [0.15, 0.2) is 5.65 Å². The Morgan fingerprint density at radius 3 is 2.92 bits per heavy atom. The predicted molar refractivity (Wildman–Crippen MR) is 92.9 cm³/mol. The summed E-state index contributed by atoms with van der Waals surface area (Å²) in [6.07, 6.45) is 5.05. The van der Waals surface area contributed by atoms with E-state index < -0.39 is 11.2 Å². The molecule has 1 fully saturated rings. The van der Waals surface area contributed by atoms with Crippen molar-refractivity contribution >= 4 is 11.6 Å². The lowest BCUT2D eigenvalue weighted by Crippen LogP contribution is -2.43. The minimum absolute atomic E-state index is 0.0943. The van der Waals surface area contributed by atoms with E-state index >= 15 is 0 Å². The van der Waals surface area contributed by atoms with Gasteiger partial charge in [-0.1, -0.05) is 6.07 Å². The summed E-state index contributed by atoms with van der Waals surface area (Å²) in [6.45, 7) is 1.08. The number of aromatic amines is 1. The number of carbonyl (C=O) groups excluding carboxylic acids is 1. The maximum absolute atomic E-state index is 12.6. The first-order valence-electron chi connectivity index (χ1n) is 8.49. The van der Waals surface area contributed by atoms with Crippen LogP contribution in [-0.2, 0) is 11.3 Å². The van der Waals surface area contributed by atoms with Crippen molar-refractivity contribution in [3.63, 3.8) is 0 Å². The molecule has 4 rings (SSSR count). The fourth-order valence-corrected chi connectivity index (χ4v) is 3.37. The lowest BCUT2D eigenvalue weighted by molar-refractivity contribution is -0.133. The van der Waals surface area contributed by atoms with Crippen LogP contribution in [0.3, 0.4) is 0 Å². The third-order valence-electron chi connectivity index (χ3n) is 4.68. The quantitative estimate of drug-likeness (QED) is 0.712. The van der Waals surface area contributed by atoms with Crippen LogP contribution in [0.5, 0.6) is 0 Å². The van der Waals surface area contributed by atoms with Crippen LogP contribution < -0.4 is 11.2 Å². The van der Waals surface area contributed by atoms with E-state index in [1.165, 1.54) is 16.8 Å². The van der Waals surface area contributed by atoms with Crippen molar-refractivity contribution in [3.8, 4) is 0 Å². The molecule has 1 N–H and O–H groups in total. The number of H-pyrrole nitrogens is 1. The first-order valence-corrected chi connectivity index (χ1v) is 8.49. The Hall–Kier alpha value is -3.23. The molecule has 26 heavy (non-hydrogen) atoms. The maximum Gasteiger partial charge on any atom is 0.328 e. The molecule has 1 aliphatic heterocycles. The van der Waals surface area contributed by atoms with Crippen molar-refractivity contribution in [2.45, 2.75) is 25.3 Å². The number of aromatic nitrogens is 5. The van der Waals surface area contributed by atoms with Gasteiger partial charge in [-0.3, -0.25) is 23.5 Å². The number of fused-ring (bicyclic) bond motifs is 1. The van der Waals surface area contributed by atoms with E-state index in [0.717, 1.165) is 24.3 Å². The maximum atomic E-state index is 12.6. The van der Waals surface area contributed by atoms with E-state index in [-0.39, 0.29) is 18.4 Å². The van der Waals surface area contributed by atoms with E-state index in [1.807, 2.05) is 28.8 Å². The highest BCUT2D eigenvalue weighted by Gasteiger charge is 2.28. The summed E-state index contributed by atoms with van der Waals surface area (Å²) in [6, 6.07) is 6.96. The number of pyridine rings is 1. The van der Waals surface area contributed by atoms with Gasteiger partial charge < -0.3 is 4.90 Å². The minimum atomic E-state index is -0.581. The average molecular weight is 354 g/mol. The van der Waals surface area contributed by atoms with Gasteiger partial charge in [-0.25, -0.2) is 4.79 Å². The van der Waals surface area contributed by atoms with Gasteiger partial charge in [0.1, 0.15) is 12.4 Å². The van der Waals surface area contributed by atoms with Crippen LogP contribution in [0.4, 0.5) is 0 Å². The Morgan fingerprint density at radius 2 is 2.08 bits per heavy atom. The Balaban J connectivity index is 1.52. The largest absolute Gasteiger partial charge is 0.340 e. The number of hydrogen-bond donors (Lipinski definition) is 1. The minimum Gasteiger partial charge on any atom is -0.340 e. The van der Waals surface area contributed by atoms with E-state index in [0.29, 0.717) is 13.1 Å². The second-order valence-corrected chi connectivity index (χ2v) is 6.40. The van der Waals surface area contributed by atoms with Crippen molar-refractivity contribution < 1.29 is 4.79 Å². The van der Waals surface area contributed by atoms with E-state index in [2.05, 4.69) is 15.2 Å². The molecular formula is C17H18N6O3. The topological polar surface area (TPSA) is 105 Å². The molecule has 3 aromatic heterocycles. The summed E-state index contributed by atoms with van der Waals surface area (Å²) in [5.41, 5.74) is -0.274. The number of hydrogen-bond acceptors (Lipinski definition) is 5. The van der Waals surface area contributed by atoms with Crippen molar-refractivity contribution in [3.05, 3.63) is 63.3 Å². The lowest BCUT2D eigenvalue weighted by atomic mass is 9.97. The summed E-state index contributed by atoms with van der Waals surface area (Å²) in [5.74, 6) is 0.786. The zero-order chi connectivity index (χ0) is 18.1. The molecule has 0 aliphatic carbocycles. The van der Waals surface area contributed by atoms with Crippen LogP contribution in [-0.4, -0.2) is 48.0 Å². The lowest BCUT2D eigenvalue weighted by Gasteiger charge is -2.32. The highest BCUT2D eigenvalue weighted by molar-refractivity contribution is 5.76. The Kier molecular flexibility index (Phi) is 4.11. The fourth-order valence-electron chi connectivity index (χ4n) is 3.37. The molecule has 1 unspecified atom stereocenters. The third-order valence-corrected chi connectivity index (χ3v) is 4.68. The first-order chi connectivity index (χ1) is 12.6. The van der Waals surface area contributed by atoms with Gasteiger partial charge in [-0.2, -0.15) is 0 Å². The molecule has 0 radical (unpaired) electrons. The molecular weight excluding hydrogens is 336 g/mol. The highest BCUT2D eigenvalue weighted by Crippen LogP contribution is 2.26. The zero-order valence-corrected chi connectivity index (χ0v) is 14.0. The monoisotopic (exact) mass is 354 g/mol. The van der Waals surface area contributed by atoms with Gasteiger partial charge >= 0.3 is 5.69 Å². The van der Waals surface area contributed by atoms with Gasteiger partial charge in [0.05, 0.1) is 0 Å². The molecule has 0 aromatic carbocycles. The van der Waals surface area contributed by atoms with Crippen LogP contribution in [0.25, 0.3) is 5.65 Å². The van der Waals surface area contributed by atoms with Crippen molar-refractivity contribution in [1.82, 2.24) is 29.0 Å². The second kappa shape index (κ2) is 6.58. The number of nitrogens with one attached hydrogen (secondary N) is 1. The fraction of sp³-hybridized carbons (Fsp3) is 0.353. The normalized spacial score (nSPS) is 17.5. The molecule has 4 heterocycles. The highest BCUT2D eigenvalue weighted by atomic mass is 16.2. The Bertz CT molecular complexity index is 1070. The van der Waals surface area contributed by atoms with E-state index in [4.69, 9.17) is 0 Å². The standard InChI is InChI=1S/C17H18N6O3/c24-14-6-9-22(17(26)18-14)11-15(25)21-7-3-4-12(10-21)16-20-19-13-5-1-2-8-23(13)16/h1-2,5-6,8-9,12H,3-4,7,10-11H2,(H,18,24,26). The number of likely N-dealkylation sites (tertiary alicyclic amines) is 1. The molecule has 9 nitrogen and oxygen atoms in total. The number of piperidine rings is 1. The molecule has 9 heteroatoms. The molecule has 1 atom stereocenters.